The van der Waals surface area contributed by atoms with Gasteiger partial charge in [-0.3, -0.25) is 9.36 Å². The van der Waals surface area contributed by atoms with Gasteiger partial charge in [0.25, 0.3) is 5.56 Å². The Balaban J connectivity index is 1.68. The lowest BCUT2D eigenvalue weighted by molar-refractivity contribution is 0.183. The zero-order valence-corrected chi connectivity index (χ0v) is 18.8. The fourth-order valence-electron chi connectivity index (χ4n) is 2.95. The second-order valence-electron chi connectivity index (χ2n) is 6.58. The van der Waals surface area contributed by atoms with Crippen LogP contribution in [-0.2, 0) is 11.3 Å². The minimum atomic E-state index is -0.191. The van der Waals surface area contributed by atoms with Crippen molar-refractivity contribution in [1.29, 1.82) is 0 Å². The van der Waals surface area contributed by atoms with Crippen LogP contribution >= 0.6 is 27.7 Å². The standard InChI is InChI=1S/C21H19BrN4O3S/c1-13(18-24-25-19(29-18)14-6-4-3-5-7-14)30-21-23-17-9-8-15(22)12-16(17)20(27)26(21)10-11-28-2/h3-9,12-13H,10-11H2,1-2H3. The molecule has 1 unspecified atom stereocenters. The summed E-state index contributed by atoms with van der Waals surface area (Å²) in [5.41, 5.74) is 1.39. The van der Waals surface area contributed by atoms with E-state index in [1.165, 1.54) is 11.8 Å². The summed E-state index contributed by atoms with van der Waals surface area (Å²) in [7, 11) is 1.61. The number of nitrogens with zero attached hydrogens (tertiary/aromatic N) is 4. The van der Waals surface area contributed by atoms with Gasteiger partial charge in [0, 0.05) is 17.1 Å². The number of halogens is 1. The van der Waals surface area contributed by atoms with E-state index in [0.29, 0.717) is 41.0 Å². The third kappa shape index (κ3) is 4.33. The first-order valence-electron chi connectivity index (χ1n) is 9.31. The molecule has 154 valence electrons. The number of aromatic nitrogens is 4. The van der Waals surface area contributed by atoms with Gasteiger partial charge in [0.15, 0.2) is 5.16 Å². The Morgan fingerprint density at radius 2 is 2.00 bits per heavy atom. The van der Waals surface area contributed by atoms with Gasteiger partial charge in [0.1, 0.15) is 0 Å². The maximum atomic E-state index is 13.1. The highest BCUT2D eigenvalue weighted by Crippen LogP contribution is 2.34. The predicted molar refractivity (Wildman–Crippen MR) is 120 cm³/mol. The van der Waals surface area contributed by atoms with E-state index in [1.54, 1.807) is 17.7 Å². The van der Waals surface area contributed by atoms with Crippen LogP contribution in [0, 0.1) is 0 Å². The summed E-state index contributed by atoms with van der Waals surface area (Å²) in [6.07, 6.45) is 0. The Morgan fingerprint density at radius 3 is 2.77 bits per heavy atom. The first kappa shape index (κ1) is 20.8. The predicted octanol–water partition coefficient (Wildman–Crippen LogP) is 4.71. The van der Waals surface area contributed by atoms with Crippen molar-refractivity contribution in [2.45, 2.75) is 23.9 Å². The number of hydrogen-bond donors (Lipinski definition) is 0. The average molecular weight is 487 g/mol. The lowest BCUT2D eigenvalue weighted by atomic mass is 10.2. The zero-order valence-electron chi connectivity index (χ0n) is 16.4. The zero-order chi connectivity index (χ0) is 21.1. The summed E-state index contributed by atoms with van der Waals surface area (Å²) in [6.45, 7) is 2.76. The van der Waals surface area contributed by atoms with Gasteiger partial charge in [-0.2, -0.15) is 0 Å². The number of methoxy groups -OCH3 is 1. The number of benzene rings is 2. The molecule has 4 aromatic rings. The highest BCUT2D eigenvalue weighted by Gasteiger charge is 2.20. The lowest BCUT2D eigenvalue weighted by Crippen LogP contribution is -2.25. The molecule has 0 amide bonds. The van der Waals surface area contributed by atoms with Crippen molar-refractivity contribution >= 4 is 38.6 Å². The molecule has 7 nitrogen and oxygen atoms in total. The third-order valence-corrected chi connectivity index (χ3v) is 6.06. The summed E-state index contributed by atoms with van der Waals surface area (Å²) in [5.74, 6) is 0.938. The van der Waals surface area contributed by atoms with Crippen LogP contribution in [0.1, 0.15) is 18.1 Å². The van der Waals surface area contributed by atoms with Crippen molar-refractivity contribution in [2.75, 3.05) is 13.7 Å². The van der Waals surface area contributed by atoms with Crippen LogP contribution in [0.5, 0.6) is 0 Å². The largest absolute Gasteiger partial charge is 0.419 e. The quantitative estimate of drug-likeness (QED) is 0.276. The molecule has 2 aromatic carbocycles. The topological polar surface area (TPSA) is 83.0 Å². The van der Waals surface area contributed by atoms with Gasteiger partial charge in [-0.1, -0.05) is 45.9 Å². The van der Waals surface area contributed by atoms with Gasteiger partial charge in [-0.25, -0.2) is 4.98 Å². The molecule has 0 fully saturated rings. The molecule has 0 bridgehead atoms. The van der Waals surface area contributed by atoms with Crippen LogP contribution in [0.25, 0.3) is 22.4 Å². The highest BCUT2D eigenvalue weighted by atomic mass is 79.9. The average Bonchev–Trinajstić information content (AvgIpc) is 3.25. The molecule has 0 spiro atoms. The van der Waals surface area contributed by atoms with Crippen LogP contribution in [-0.4, -0.2) is 33.5 Å². The Kier molecular flexibility index (Phi) is 6.31. The van der Waals surface area contributed by atoms with Crippen molar-refractivity contribution in [1.82, 2.24) is 19.7 Å². The molecule has 2 aromatic heterocycles. The lowest BCUT2D eigenvalue weighted by Gasteiger charge is -2.14. The smallest absolute Gasteiger partial charge is 0.262 e. The van der Waals surface area contributed by atoms with Gasteiger partial charge in [0.2, 0.25) is 11.8 Å². The molecule has 0 N–H and O–H groups in total. The maximum absolute atomic E-state index is 13.1. The second kappa shape index (κ2) is 9.11. The molecular weight excluding hydrogens is 468 g/mol. The molecular formula is C21H19BrN4O3S. The van der Waals surface area contributed by atoms with Gasteiger partial charge in [0.05, 0.1) is 29.3 Å². The summed E-state index contributed by atoms with van der Waals surface area (Å²) >= 11 is 4.83. The van der Waals surface area contributed by atoms with E-state index in [4.69, 9.17) is 14.1 Å². The Bertz CT molecular complexity index is 1230. The van der Waals surface area contributed by atoms with Crippen LogP contribution in [0.3, 0.4) is 0 Å². The maximum Gasteiger partial charge on any atom is 0.262 e. The van der Waals surface area contributed by atoms with Crippen molar-refractivity contribution in [3.63, 3.8) is 0 Å². The van der Waals surface area contributed by atoms with Crippen molar-refractivity contribution in [3.8, 4) is 11.5 Å². The first-order valence-corrected chi connectivity index (χ1v) is 11.0. The number of ether oxygens (including phenoxy) is 1. The second-order valence-corrected chi connectivity index (χ2v) is 8.80. The van der Waals surface area contributed by atoms with Crippen molar-refractivity contribution < 1.29 is 9.15 Å². The summed E-state index contributed by atoms with van der Waals surface area (Å²) < 4.78 is 13.5. The van der Waals surface area contributed by atoms with E-state index >= 15 is 0 Å². The van der Waals surface area contributed by atoms with E-state index in [0.717, 1.165) is 10.0 Å². The minimum absolute atomic E-state index is 0.108. The normalized spacial score (nSPS) is 12.4. The summed E-state index contributed by atoms with van der Waals surface area (Å²) in [4.78, 5) is 17.8. The molecule has 4 rings (SSSR count). The number of fused-ring (bicyclic) bond motifs is 1. The molecule has 0 radical (unpaired) electrons. The first-order chi connectivity index (χ1) is 14.6. The summed E-state index contributed by atoms with van der Waals surface area (Å²) in [5, 5.41) is 9.30. The van der Waals surface area contributed by atoms with Gasteiger partial charge in [-0.15, -0.1) is 10.2 Å². The van der Waals surface area contributed by atoms with E-state index in [-0.39, 0.29) is 10.8 Å². The van der Waals surface area contributed by atoms with Crippen molar-refractivity contribution in [2.24, 2.45) is 0 Å². The Labute approximate surface area is 185 Å². The molecule has 1 atom stereocenters. The molecule has 0 saturated carbocycles. The third-order valence-electron chi connectivity index (χ3n) is 4.49. The van der Waals surface area contributed by atoms with Gasteiger partial charge in [-0.05, 0) is 37.3 Å². The molecule has 9 heteroatoms. The summed E-state index contributed by atoms with van der Waals surface area (Å²) in [6, 6.07) is 15.1. The minimum Gasteiger partial charge on any atom is -0.419 e. The van der Waals surface area contributed by atoms with Crippen molar-refractivity contribution in [3.05, 3.63) is 69.2 Å². The number of rotatable bonds is 7. The molecule has 0 aliphatic carbocycles. The van der Waals surface area contributed by atoms with Crippen LogP contribution < -0.4 is 5.56 Å². The van der Waals surface area contributed by atoms with E-state index in [1.807, 2.05) is 49.4 Å². The molecule has 0 aliphatic rings. The SMILES string of the molecule is COCCn1c(SC(C)c2nnc(-c3ccccc3)o2)nc2ccc(Br)cc2c1=O. The van der Waals surface area contributed by atoms with Crippen LogP contribution in [0.15, 0.2) is 67.4 Å². The molecule has 0 aliphatic heterocycles. The van der Waals surface area contributed by atoms with E-state index in [9.17, 15) is 4.79 Å². The van der Waals surface area contributed by atoms with Gasteiger partial charge < -0.3 is 9.15 Å². The Hall–Kier alpha value is -2.49. The molecule has 30 heavy (non-hydrogen) atoms. The molecule has 0 saturated heterocycles. The Morgan fingerprint density at radius 1 is 1.20 bits per heavy atom. The van der Waals surface area contributed by atoms with E-state index in [2.05, 4.69) is 26.1 Å². The monoisotopic (exact) mass is 486 g/mol. The van der Waals surface area contributed by atoms with Gasteiger partial charge >= 0.3 is 0 Å². The molecule has 2 heterocycles. The highest BCUT2D eigenvalue weighted by molar-refractivity contribution is 9.10. The van der Waals surface area contributed by atoms with Crippen LogP contribution in [0.2, 0.25) is 0 Å². The fourth-order valence-corrected chi connectivity index (χ4v) is 4.27. The van der Waals surface area contributed by atoms with E-state index < -0.39 is 0 Å². The number of thioether (sulfide) groups is 1. The number of hydrogen-bond acceptors (Lipinski definition) is 7. The fraction of sp³-hybridized carbons (Fsp3) is 0.238. The van der Waals surface area contributed by atoms with Crippen LogP contribution in [0.4, 0.5) is 0 Å².